The Labute approximate surface area is 148 Å². The van der Waals surface area contributed by atoms with Crippen LogP contribution in [-0.2, 0) is 29.7 Å². The molecule has 2 aromatic rings. The Bertz CT molecular complexity index is 750. The molecule has 0 bridgehead atoms. The van der Waals surface area contributed by atoms with Crippen molar-refractivity contribution in [2.24, 2.45) is 0 Å². The molecule has 1 aromatic heterocycles. The molecule has 5 heteroatoms. The summed E-state index contributed by atoms with van der Waals surface area (Å²) in [5, 5.41) is 9.27. The van der Waals surface area contributed by atoms with Gasteiger partial charge in [-0.15, -0.1) is 0 Å². The normalized spacial score (nSPS) is 18.0. The SMILES string of the molecule is CC(C)(C)c1ncc(CN2Cc3ccccc3C[C@H]2CC(=O)O)cn1. The largest absolute Gasteiger partial charge is 0.481 e. The second-order valence-electron chi connectivity index (χ2n) is 7.79. The van der Waals surface area contributed by atoms with Crippen molar-refractivity contribution in [1.29, 1.82) is 0 Å². The fourth-order valence-corrected chi connectivity index (χ4v) is 3.29. The van der Waals surface area contributed by atoms with Crippen molar-refractivity contribution >= 4 is 5.97 Å². The van der Waals surface area contributed by atoms with Crippen molar-refractivity contribution in [3.63, 3.8) is 0 Å². The highest BCUT2D eigenvalue weighted by Crippen LogP contribution is 2.26. The van der Waals surface area contributed by atoms with Crippen LogP contribution in [0.3, 0.4) is 0 Å². The summed E-state index contributed by atoms with van der Waals surface area (Å²) in [4.78, 5) is 22.5. The van der Waals surface area contributed by atoms with Crippen molar-refractivity contribution in [1.82, 2.24) is 14.9 Å². The summed E-state index contributed by atoms with van der Waals surface area (Å²) in [6, 6.07) is 8.28. The molecular weight excluding hydrogens is 314 g/mol. The third-order valence-corrected chi connectivity index (χ3v) is 4.64. The fraction of sp³-hybridized carbons (Fsp3) is 0.450. The fourth-order valence-electron chi connectivity index (χ4n) is 3.29. The van der Waals surface area contributed by atoms with Crippen LogP contribution in [-0.4, -0.2) is 32.0 Å². The maximum Gasteiger partial charge on any atom is 0.304 e. The molecule has 25 heavy (non-hydrogen) atoms. The number of benzene rings is 1. The number of fused-ring (bicyclic) bond motifs is 1. The molecule has 5 nitrogen and oxygen atoms in total. The van der Waals surface area contributed by atoms with Crippen LogP contribution in [0.5, 0.6) is 0 Å². The Morgan fingerprint density at radius 3 is 2.44 bits per heavy atom. The highest BCUT2D eigenvalue weighted by atomic mass is 16.4. The lowest BCUT2D eigenvalue weighted by atomic mass is 9.92. The smallest absolute Gasteiger partial charge is 0.304 e. The quantitative estimate of drug-likeness (QED) is 0.927. The van der Waals surface area contributed by atoms with Crippen molar-refractivity contribution in [3.05, 3.63) is 59.2 Å². The van der Waals surface area contributed by atoms with E-state index in [0.717, 1.165) is 24.4 Å². The van der Waals surface area contributed by atoms with Gasteiger partial charge in [0, 0.05) is 42.5 Å². The number of nitrogens with zero attached hydrogens (tertiary/aromatic N) is 3. The van der Waals surface area contributed by atoms with E-state index in [1.54, 1.807) is 0 Å². The summed E-state index contributed by atoms with van der Waals surface area (Å²) in [6.45, 7) is 7.69. The molecule has 1 aromatic carbocycles. The van der Waals surface area contributed by atoms with Gasteiger partial charge in [-0.05, 0) is 17.5 Å². The number of aliphatic carboxylic acids is 1. The van der Waals surface area contributed by atoms with E-state index >= 15 is 0 Å². The molecule has 1 atom stereocenters. The highest BCUT2D eigenvalue weighted by molar-refractivity contribution is 5.67. The van der Waals surface area contributed by atoms with Gasteiger partial charge >= 0.3 is 5.97 Å². The van der Waals surface area contributed by atoms with Crippen molar-refractivity contribution in [3.8, 4) is 0 Å². The molecule has 0 radical (unpaired) electrons. The Morgan fingerprint density at radius 1 is 1.20 bits per heavy atom. The van der Waals surface area contributed by atoms with Crippen molar-refractivity contribution in [2.75, 3.05) is 0 Å². The standard InChI is InChI=1S/C20H25N3O2/c1-20(2,3)19-21-10-14(11-22-19)12-23-13-16-7-5-4-6-15(16)8-17(23)9-18(24)25/h4-7,10-11,17H,8-9,12-13H2,1-3H3,(H,24,25)/t17-/m0/s1. The maximum atomic E-state index is 11.3. The van der Waals surface area contributed by atoms with Gasteiger partial charge in [-0.25, -0.2) is 9.97 Å². The monoisotopic (exact) mass is 339 g/mol. The minimum absolute atomic E-state index is 0.00491. The van der Waals surface area contributed by atoms with E-state index in [1.165, 1.54) is 11.1 Å². The number of carbonyl (C=O) groups is 1. The second kappa shape index (κ2) is 6.92. The first-order chi connectivity index (χ1) is 11.8. The van der Waals surface area contributed by atoms with Crippen LogP contribution in [0.2, 0.25) is 0 Å². The van der Waals surface area contributed by atoms with Crippen LogP contribution in [0.1, 0.15) is 49.7 Å². The predicted molar refractivity (Wildman–Crippen MR) is 96.2 cm³/mol. The minimum Gasteiger partial charge on any atom is -0.481 e. The zero-order valence-corrected chi connectivity index (χ0v) is 15.1. The topological polar surface area (TPSA) is 66.3 Å². The molecule has 1 aliphatic rings. The summed E-state index contributed by atoms with van der Waals surface area (Å²) in [5.41, 5.74) is 3.47. The van der Waals surface area contributed by atoms with Crippen LogP contribution < -0.4 is 0 Å². The van der Waals surface area contributed by atoms with Gasteiger partial charge in [-0.1, -0.05) is 45.0 Å². The molecule has 3 rings (SSSR count). The second-order valence-corrected chi connectivity index (χ2v) is 7.79. The summed E-state index contributed by atoms with van der Waals surface area (Å²) in [6.07, 6.45) is 4.65. The van der Waals surface area contributed by atoms with Gasteiger partial charge in [0.2, 0.25) is 0 Å². The third kappa shape index (κ3) is 4.23. The summed E-state index contributed by atoms with van der Waals surface area (Å²) in [7, 11) is 0. The Hall–Kier alpha value is -2.27. The molecule has 0 amide bonds. The molecule has 0 fully saturated rings. The first-order valence-electron chi connectivity index (χ1n) is 8.67. The summed E-state index contributed by atoms with van der Waals surface area (Å²) < 4.78 is 0. The van der Waals surface area contributed by atoms with Gasteiger partial charge in [0.05, 0.1) is 6.42 Å². The van der Waals surface area contributed by atoms with E-state index in [9.17, 15) is 9.90 Å². The molecule has 0 saturated heterocycles. The lowest BCUT2D eigenvalue weighted by Crippen LogP contribution is -2.41. The molecule has 0 unspecified atom stereocenters. The number of hydrogen-bond acceptors (Lipinski definition) is 4. The average Bonchev–Trinajstić information content (AvgIpc) is 2.54. The zero-order valence-electron chi connectivity index (χ0n) is 15.1. The van der Waals surface area contributed by atoms with Gasteiger partial charge in [0.25, 0.3) is 0 Å². The van der Waals surface area contributed by atoms with Crippen molar-refractivity contribution in [2.45, 2.75) is 58.2 Å². The number of hydrogen-bond donors (Lipinski definition) is 1. The van der Waals surface area contributed by atoms with Crippen LogP contribution in [0.15, 0.2) is 36.7 Å². The van der Waals surface area contributed by atoms with E-state index in [1.807, 2.05) is 24.5 Å². The van der Waals surface area contributed by atoms with Crippen LogP contribution >= 0.6 is 0 Å². The van der Waals surface area contributed by atoms with E-state index in [4.69, 9.17) is 0 Å². The third-order valence-electron chi connectivity index (χ3n) is 4.64. The average molecular weight is 339 g/mol. The summed E-state index contributed by atoms with van der Waals surface area (Å²) >= 11 is 0. The molecule has 0 aliphatic carbocycles. The summed E-state index contributed by atoms with van der Waals surface area (Å²) in [5.74, 6) is 0.0658. The van der Waals surface area contributed by atoms with Gasteiger partial charge < -0.3 is 5.11 Å². The van der Waals surface area contributed by atoms with Crippen LogP contribution in [0, 0.1) is 0 Å². The first kappa shape index (κ1) is 17.5. The van der Waals surface area contributed by atoms with Crippen molar-refractivity contribution < 1.29 is 9.90 Å². The molecule has 0 saturated carbocycles. The van der Waals surface area contributed by atoms with Gasteiger partial charge in [0.1, 0.15) is 5.82 Å². The van der Waals surface area contributed by atoms with Gasteiger partial charge in [-0.3, -0.25) is 9.69 Å². The van der Waals surface area contributed by atoms with E-state index in [2.05, 4.69) is 47.8 Å². The molecule has 1 N–H and O–H groups in total. The molecule has 2 heterocycles. The van der Waals surface area contributed by atoms with E-state index in [0.29, 0.717) is 6.54 Å². The van der Waals surface area contributed by atoms with Crippen LogP contribution in [0.25, 0.3) is 0 Å². The number of rotatable bonds is 4. The lowest BCUT2D eigenvalue weighted by molar-refractivity contribution is -0.138. The Balaban J connectivity index is 1.80. The van der Waals surface area contributed by atoms with Crippen LogP contribution in [0.4, 0.5) is 0 Å². The molecule has 0 spiro atoms. The van der Waals surface area contributed by atoms with Gasteiger partial charge in [0.15, 0.2) is 0 Å². The van der Waals surface area contributed by atoms with E-state index in [-0.39, 0.29) is 17.9 Å². The minimum atomic E-state index is -0.756. The van der Waals surface area contributed by atoms with Gasteiger partial charge in [-0.2, -0.15) is 0 Å². The predicted octanol–water partition coefficient (Wildman–Crippen LogP) is 3.18. The lowest BCUT2D eigenvalue weighted by Gasteiger charge is -2.36. The highest BCUT2D eigenvalue weighted by Gasteiger charge is 2.28. The maximum absolute atomic E-state index is 11.3. The molecule has 132 valence electrons. The number of carboxylic acid groups (broad SMARTS) is 1. The first-order valence-corrected chi connectivity index (χ1v) is 8.67. The Kier molecular flexibility index (Phi) is 4.86. The number of aromatic nitrogens is 2. The zero-order chi connectivity index (χ0) is 18.0. The molecule has 1 aliphatic heterocycles. The Morgan fingerprint density at radius 2 is 1.84 bits per heavy atom. The molecular formula is C20H25N3O2. The van der Waals surface area contributed by atoms with E-state index < -0.39 is 5.97 Å². The number of carboxylic acids is 1.